The van der Waals surface area contributed by atoms with Crippen molar-refractivity contribution >= 4 is 33.3 Å². The fourth-order valence-electron chi connectivity index (χ4n) is 2.19. The summed E-state index contributed by atoms with van der Waals surface area (Å²) < 4.78 is 19.2. The van der Waals surface area contributed by atoms with E-state index >= 15 is 0 Å². The molecule has 0 unspecified atom stereocenters. The highest BCUT2D eigenvalue weighted by molar-refractivity contribution is 7.98. The van der Waals surface area contributed by atoms with Gasteiger partial charge in [-0.2, -0.15) is 0 Å². The summed E-state index contributed by atoms with van der Waals surface area (Å²) >= 11 is 2.70. The van der Waals surface area contributed by atoms with E-state index in [4.69, 9.17) is 4.42 Å². The van der Waals surface area contributed by atoms with Crippen LogP contribution >= 0.6 is 23.1 Å². The van der Waals surface area contributed by atoms with Crippen LogP contribution in [0, 0.1) is 5.82 Å². The summed E-state index contributed by atoms with van der Waals surface area (Å²) in [4.78, 5) is 23.3. The van der Waals surface area contributed by atoms with Crippen LogP contribution in [0.5, 0.6) is 0 Å². The first-order valence-corrected chi connectivity index (χ1v) is 8.86. The zero-order chi connectivity index (χ0) is 16.5. The van der Waals surface area contributed by atoms with Crippen molar-refractivity contribution in [3.8, 4) is 11.3 Å². The molecule has 4 aromatic rings. The number of hydrogen-bond acceptors (Lipinski definition) is 6. The van der Waals surface area contributed by atoms with Crippen LogP contribution in [0.25, 0.3) is 21.5 Å². The van der Waals surface area contributed by atoms with Crippen LogP contribution in [0.1, 0.15) is 5.82 Å². The Morgan fingerprint density at radius 1 is 1.25 bits per heavy atom. The second-order valence-corrected chi connectivity index (χ2v) is 6.78. The normalized spacial score (nSPS) is 11.2. The monoisotopic (exact) mass is 359 g/mol. The summed E-state index contributed by atoms with van der Waals surface area (Å²) in [5.74, 6) is 1.26. The van der Waals surface area contributed by atoms with Crippen LogP contribution in [0.3, 0.4) is 0 Å². The Balaban J connectivity index is 1.51. The lowest BCUT2D eigenvalue weighted by molar-refractivity contribution is 0.466. The standard InChI is InChI=1S/C16H10FN3O2S2/c17-10-3-1-9(2-4-10)12-7-18-16(22-12)24-8-13-19-11-5-6-23-14(11)15(21)20-13/h1-7H,8H2,(H,19,20,21). The minimum absolute atomic E-state index is 0.134. The molecule has 1 N–H and O–H groups in total. The molecule has 0 saturated carbocycles. The number of nitrogens with zero attached hydrogens (tertiary/aromatic N) is 2. The number of aromatic nitrogens is 3. The molecule has 1 aromatic carbocycles. The predicted molar refractivity (Wildman–Crippen MR) is 91.7 cm³/mol. The Kier molecular flexibility index (Phi) is 3.91. The third-order valence-electron chi connectivity index (χ3n) is 3.31. The molecule has 3 aromatic heterocycles. The van der Waals surface area contributed by atoms with Gasteiger partial charge < -0.3 is 9.40 Å². The Morgan fingerprint density at radius 2 is 2.08 bits per heavy atom. The zero-order valence-electron chi connectivity index (χ0n) is 12.2. The maximum Gasteiger partial charge on any atom is 0.268 e. The molecule has 0 spiro atoms. The van der Waals surface area contributed by atoms with E-state index in [2.05, 4.69) is 15.0 Å². The van der Waals surface area contributed by atoms with E-state index in [0.717, 1.165) is 5.56 Å². The first kappa shape index (κ1) is 15.1. The second kappa shape index (κ2) is 6.21. The fraction of sp³-hybridized carbons (Fsp3) is 0.0625. The quantitative estimate of drug-likeness (QED) is 0.556. The fourth-order valence-corrected chi connectivity index (χ4v) is 3.59. The van der Waals surface area contributed by atoms with E-state index in [1.807, 2.05) is 11.4 Å². The van der Waals surface area contributed by atoms with Gasteiger partial charge in [0.2, 0.25) is 0 Å². The Hall–Kier alpha value is -2.45. The highest BCUT2D eigenvalue weighted by Gasteiger charge is 2.10. The van der Waals surface area contributed by atoms with Crippen LogP contribution in [-0.2, 0) is 5.75 Å². The van der Waals surface area contributed by atoms with Crippen molar-refractivity contribution in [2.75, 3.05) is 0 Å². The molecule has 24 heavy (non-hydrogen) atoms. The number of halogens is 1. The molecule has 0 atom stereocenters. The Morgan fingerprint density at radius 3 is 2.92 bits per heavy atom. The third kappa shape index (κ3) is 2.98. The number of hydrogen-bond donors (Lipinski definition) is 1. The number of rotatable bonds is 4. The van der Waals surface area contributed by atoms with Crippen LogP contribution in [0.15, 0.2) is 56.3 Å². The summed E-state index contributed by atoms with van der Waals surface area (Å²) in [5, 5.41) is 2.30. The first-order valence-electron chi connectivity index (χ1n) is 7.00. The zero-order valence-corrected chi connectivity index (χ0v) is 13.8. The van der Waals surface area contributed by atoms with Gasteiger partial charge in [0.15, 0.2) is 5.76 Å². The van der Waals surface area contributed by atoms with Crippen molar-refractivity contribution in [3.63, 3.8) is 0 Å². The molecule has 4 rings (SSSR count). The van der Waals surface area contributed by atoms with Crippen molar-refractivity contribution in [2.45, 2.75) is 11.0 Å². The van der Waals surface area contributed by atoms with E-state index < -0.39 is 0 Å². The molecule has 3 heterocycles. The lowest BCUT2D eigenvalue weighted by Crippen LogP contribution is -2.09. The maximum absolute atomic E-state index is 13.0. The number of oxazole rings is 1. The van der Waals surface area contributed by atoms with Crippen molar-refractivity contribution < 1.29 is 8.81 Å². The lowest BCUT2D eigenvalue weighted by atomic mass is 10.2. The minimum atomic E-state index is -0.299. The van der Waals surface area contributed by atoms with Crippen LogP contribution < -0.4 is 5.56 Å². The summed E-state index contributed by atoms with van der Waals surface area (Å²) in [6, 6.07) is 7.83. The largest absolute Gasteiger partial charge is 0.431 e. The van der Waals surface area contributed by atoms with Gasteiger partial charge in [0.1, 0.15) is 16.3 Å². The van der Waals surface area contributed by atoms with Gasteiger partial charge in [-0.25, -0.2) is 14.4 Å². The molecule has 0 bridgehead atoms. The van der Waals surface area contributed by atoms with Gasteiger partial charge in [0.05, 0.1) is 17.5 Å². The van der Waals surface area contributed by atoms with Crippen LogP contribution in [0.2, 0.25) is 0 Å². The molecule has 0 amide bonds. The van der Waals surface area contributed by atoms with Crippen LogP contribution in [-0.4, -0.2) is 15.0 Å². The summed E-state index contributed by atoms with van der Waals surface area (Å²) in [6.45, 7) is 0. The number of thiophene rings is 1. The highest BCUT2D eigenvalue weighted by Crippen LogP contribution is 2.27. The van der Waals surface area contributed by atoms with Gasteiger partial charge in [-0.05, 0) is 35.7 Å². The topological polar surface area (TPSA) is 71.8 Å². The molecular weight excluding hydrogens is 349 g/mol. The van der Waals surface area contributed by atoms with Gasteiger partial charge in [0.25, 0.3) is 10.8 Å². The van der Waals surface area contributed by atoms with Gasteiger partial charge in [-0.3, -0.25) is 4.79 Å². The predicted octanol–water partition coefficient (Wildman–Crippen LogP) is 4.07. The van der Waals surface area contributed by atoms with E-state index in [1.54, 1.807) is 18.3 Å². The molecule has 0 aliphatic heterocycles. The molecule has 8 heteroatoms. The lowest BCUT2D eigenvalue weighted by Gasteiger charge is -1.99. The van der Waals surface area contributed by atoms with Crippen molar-refractivity contribution in [1.82, 2.24) is 15.0 Å². The SMILES string of the molecule is O=c1[nH]c(CSc2ncc(-c3ccc(F)cc3)o2)nc2ccsc12. The minimum Gasteiger partial charge on any atom is -0.431 e. The average Bonchev–Trinajstić information content (AvgIpc) is 3.23. The number of nitrogens with one attached hydrogen (secondary N) is 1. The first-order chi connectivity index (χ1) is 11.7. The molecular formula is C16H10FN3O2S2. The number of fused-ring (bicyclic) bond motifs is 1. The third-order valence-corrected chi connectivity index (χ3v) is 5.07. The molecule has 0 saturated heterocycles. The van der Waals surface area contributed by atoms with Gasteiger partial charge in [-0.15, -0.1) is 11.3 Å². The van der Waals surface area contributed by atoms with Gasteiger partial charge in [-0.1, -0.05) is 11.8 Å². The van der Waals surface area contributed by atoms with Crippen molar-refractivity contribution in [3.05, 3.63) is 63.9 Å². The van der Waals surface area contributed by atoms with Crippen molar-refractivity contribution in [2.24, 2.45) is 0 Å². The van der Waals surface area contributed by atoms with E-state index in [9.17, 15) is 9.18 Å². The molecule has 0 aliphatic rings. The number of aromatic amines is 1. The summed E-state index contributed by atoms with van der Waals surface area (Å²) in [5.41, 5.74) is 1.31. The number of thioether (sulfide) groups is 1. The molecule has 0 aliphatic carbocycles. The Bertz CT molecular complexity index is 1050. The van der Waals surface area contributed by atoms with Crippen LogP contribution in [0.4, 0.5) is 4.39 Å². The molecule has 120 valence electrons. The number of H-pyrrole nitrogens is 1. The summed E-state index contributed by atoms with van der Waals surface area (Å²) in [6.07, 6.45) is 1.59. The molecule has 5 nitrogen and oxygen atoms in total. The Labute approximate surface area is 143 Å². The highest BCUT2D eigenvalue weighted by atomic mass is 32.2. The maximum atomic E-state index is 13.0. The van der Waals surface area contributed by atoms with E-state index in [1.165, 1.54) is 35.2 Å². The molecule has 0 radical (unpaired) electrons. The van der Waals surface area contributed by atoms with E-state index in [0.29, 0.717) is 32.8 Å². The van der Waals surface area contributed by atoms with Gasteiger partial charge in [0, 0.05) is 5.56 Å². The van der Waals surface area contributed by atoms with Crippen molar-refractivity contribution in [1.29, 1.82) is 0 Å². The number of benzene rings is 1. The molecule has 0 fully saturated rings. The smallest absolute Gasteiger partial charge is 0.268 e. The summed E-state index contributed by atoms with van der Waals surface area (Å²) in [7, 11) is 0. The van der Waals surface area contributed by atoms with E-state index in [-0.39, 0.29) is 11.4 Å². The van der Waals surface area contributed by atoms with Gasteiger partial charge >= 0.3 is 0 Å². The second-order valence-electron chi connectivity index (χ2n) is 4.93. The average molecular weight is 359 g/mol.